The number of nitrogens with zero attached hydrogens (tertiary/aromatic N) is 1. The summed E-state index contributed by atoms with van der Waals surface area (Å²) in [6.07, 6.45) is 2.04. The van der Waals surface area contributed by atoms with Gasteiger partial charge in [-0.25, -0.2) is 9.37 Å². The third kappa shape index (κ3) is 2.10. The number of benzene rings is 1. The number of hydrogen-bond donors (Lipinski definition) is 1. The summed E-state index contributed by atoms with van der Waals surface area (Å²) in [5, 5.41) is 2.96. The summed E-state index contributed by atoms with van der Waals surface area (Å²) in [5.74, 6) is 0.286. The Hall–Kier alpha value is -1.26. The van der Waals surface area contributed by atoms with Gasteiger partial charge in [0.25, 0.3) is 0 Å². The number of thiazole rings is 1. The Bertz CT molecular complexity index is 532. The number of rotatable bonds is 2. The lowest BCUT2D eigenvalue weighted by atomic mass is 9.79. The second-order valence-electron chi connectivity index (χ2n) is 4.52. The first-order valence-corrected chi connectivity index (χ1v) is 6.57. The van der Waals surface area contributed by atoms with E-state index in [1.165, 1.54) is 12.1 Å². The molecule has 0 radical (unpaired) electrons. The monoisotopic (exact) mass is 248 g/mol. The predicted molar refractivity (Wildman–Crippen MR) is 67.5 cm³/mol. The van der Waals surface area contributed by atoms with Crippen LogP contribution < -0.4 is 5.73 Å². The van der Waals surface area contributed by atoms with Gasteiger partial charge in [0.15, 0.2) is 0 Å². The molecular formula is C13H13FN2S. The van der Waals surface area contributed by atoms with Crippen molar-refractivity contribution < 1.29 is 4.39 Å². The van der Waals surface area contributed by atoms with Gasteiger partial charge in [-0.15, -0.1) is 11.3 Å². The van der Waals surface area contributed by atoms with Crippen LogP contribution in [0.4, 0.5) is 4.39 Å². The molecular weight excluding hydrogens is 235 g/mol. The number of aromatic nitrogens is 1. The zero-order valence-corrected chi connectivity index (χ0v) is 10.1. The molecule has 0 bridgehead atoms. The summed E-state index contributed by atoms with van der Waals surface area (Å²) < 4.78 is 13.1. The summed E-state index contributed by atoms with van der Waals surface area (Å²) in [4.78, 5) is 4.57. The van der Waals surface area contributed by atoms with Gasteiger partial charge in [0.05, 0.1) is 5.69 Å². The van der Waals surface area contributed by atoms with E-state index in [0.29, 0.717) is 12.0 Å². The van der Waals surface area contributed by atoms with Crippen LogP contribution in [0.5, 0.6) is 0 Å². The topological polar surface area (TPSA) is 38.9 Å². The first-order valence-electron chi connectivity index (χ1n) is 5.69. The molecule has 2 nitrogen and oxygen atoms in total. The van der Waals surface area contributed by atoms with Crippen molar-refractivity contribution in [3.8, 4) is 10.6 Å². The summed E-state index contributed by atoms with van der Waals surface area (Å²) in [5.41, 5.74) is 7.73. The normalized spacial score (nSPS) is 23.4. The van der Waals surface area contributed by atoms with E-state index in [-0.39, 0.29) is 5.82 Å². The van der Waals surface area contributed by atoms with Crippen LogP contribution in [0.1, 0.15) is 24.5 Å². The maximum absolute atomic E-state index is 13.1. The van der Waals surface area contributed by atoms with E-state index in [0.717, 1.165) is 29.1 Å². The average Bonchev–Trinajstić information content (AvgIpc) is 2.74. The van der Waals surface area contributed by atoms with Gasteiger partial charge in [-0.2, -0.15) is 0 Å². The highest BCUT2D eigenvalue weighted by molar-refractivity contribution is 7.13. The van der Waals surface area contributed by atoms with Gasteiger partial charge >= 0.3 is 0 Å². The van der Waals surface area contributed by atoms with Crippen molar-refractivity contribution in [2.24, 2.45) is 5.73 Å². The Morgan fingerprint density at radius 2 is 2.18 bits per heavy atom. The number of hydrogen-bond acceptors (Lipinski definition) is 3. The summed E-state index contributed by atoms with van der Waals surface area (Å²) in [6.45, 7) is 0. The molecule has 1 aliphatic carbocycles. The van der Waals surface area contributed by atoms with Gasteiger partial charge < -0.3 is 5.73 Å². The minimum atomic E-state index is -0.218. The zero-order chi connectivity index (χ0) is 11.8. The first kappa shape index (κ1) is 10.9. The second kappa shape index (κ2) is 4.20. The first-order chi connectivity index (χ1) is 8.22. The van der Waals surface area contributed by atoms with Gasteiger partial charge in [-0.1, -0.05) is 12.1 Å². The molecule has 0 saturated heterocycles. The highest BCUT2D eigenvalue weighted by Crippen LogP contribution is 2.37. The van der Waals surface area contributed by atoms with Crippen molar-refractivity contribution in [1.82, 2.24) is 4.98 Å². The number of halogens is 1. The molecule has 0 amide bonds. The van der Waals surface area contributed by atoms with Gasteiger partial charge in [0.2, 0.25) is 0 Å². The molecule has 88 valence electrons. The molecule has 1 aromatic carbocycles. The van der Waals surface area contributed by atoms with Crippen molar-refractivity contribution in [3.05, 3.63) is 41.2 Å². The molecule has 2 N–H and O–H groups in total. The van der Waals surface area contributed by atoms with E-state index in [1.807, 2.05) is 6.07 Å². The fraction of sp³-hybridized carbons (Fsp3) is 0.308. The van der Waals surface area contributed by atoms with Crippen LogP contribution in [-0.2, 0) is 0 Å². The van der Waals surface area contributed by atoms with Gasteiger partial charge in [0, 0.05) is 22.9 Å². The van der Waals surface area contributed by atoms with Gasteiger partial charge in [-0.05, 0) is 25.0 Å². The molecule has 0 aliphatic heterocycles. The second-order valence-corrected chi connectivity index (χ2v) is 5.37. The van der Waals surface area contributed by atoms with E-state index in [9.17, 15) is 4.39 Å². The van der Waals surface area contributed by atoms with Crippen LogP contribution in [0.15, 0.2) is 29.6 Å². The average molecular weight is 248 g/mol. The van der Waals surface area contributed by atoms with E-state index in [1.54, 1.807) is 17.4 Å². The van der Waals surface area contributed by atoms with Crippen LogP contribution >= 0.6 is 11.3 Å². The maximum atomic E-state index is 13.1. The van der Waals surface area contributed by atoms with Crippen LogP contribution in [0.25, 0.3) is 10.6 Å². The predicted octanol–water partition coefficient (Wildman–Crippen LogP) is 3.15. The molecule has 1 aromatic heterocycles. The Labute approximate surface area is 103 Å². The molecule has 0 unspecified atom stereocenters. The van der Waals surface area contributed by atoms with Crippen molar-refractivity contribution in [1.29, 1.82) is 0 Å². The van der Waals surface area contributed by atoms with Gasteiger partial charge in [0.1, 0.15) is 10.8 Å². The van der Waals surface area contributed by atoms with Crippen molar-refractivity contribution in [2.75, 3.05) is 0 Å². The molecule has 2 aromatic rings. The van der Waals surface area contributed by atoms with Crippen molar-refractivity contribution in [2.45, 2.75) is 24.8 Å². The molecule has 17 heavy (non-hydrogen) atoms. The third-order valence-electron chi connectivity index (χ3n) is 3.19. The molecule has 4 heteroatoms. The smallest absolute Gasteiger partial charge is 0.123 e. The molecule has 0 atom stereocenters. The fourth-order valence-electron chi connectivity index (χ4n) is 2.13. The maximum Gasteiger partial charge on any atom is 0.123 e. The SMILES string of the molecule is NC1CC(c2csc(-c3cccc(F)c3)n2)C1. The van der Waals surface area contributed by atoms with E-state index < -0.39 is 0 Å². The summed E-state index contributed by atoms with van der Waals surface area (Å²) in [6, 6.07) is 6.90. The van der Waals surface area contributed by atoms with Crippen LogP contribution in [0.2, 0.25) is 0 Å². The van der Waals surface area contributed by atoms with E-state index in [4.69, 9.17) is 5.73 Å². The standard InChI is InChI=1S/C13H13FN2S/c14-10-3-1-2-8(4-10)13-16-12(7-17-13)9-5-11(15)6-9/h1-4,7,9,11H,5-6,15H2. The van der Waals surface area contributed by atoms with Gasteiger partial charge in [-0.3, -0.25) is 0 Å². The number of nitrogens with two attached hydrogens (primary N) is 1. The Kier molecular flexibility index (Phi) is 2.68. The fourth-order valence-corrected chi connectivity index (χ4v) is 3.03. The minimum Gasteiger partial charge on any atom is -0.328 e. The molecule has 1 fully saturated rings. The highest BCUT2D eigenvalue weighted by atomic mass is 32.1. The lowest BCUT2D eigenvalue weighted by Gasteiger charge is -2.30. The summed E-state index contributed by atoms with van der Waals surface area (Å²) >= 11 is 1.57. The molecule has 1 aliphatic rings. The Morgan fingerprint density at radius 3 is 2.88 bits per heavy atom. The third-order valence-corrected chi connectivity index (χ3v) is 4.10. The Morgan fingerprint density at radius 1 is 1.35 bits per heavy atom. The lowest BCUT2D eigenvalue weighted by molar-refractivity contribution is 0.346. The molecule has 1 saturated carbocycles. The lowest BCUT2D eigenvalue weighted by Crippen LogP contribution is -2.34. The largest absolute Gasteiger partial charge is 0.328 e. The quantitative estimate of drug-likeness (QED) is 0.886. The highest BCUT2D eigenvalue weighted by Gasteiger charge is 2.29. The van der Waals surface area contributed by atoms with E-state index in [2.05, 4.69) is 10.4 Å². The van der Waals surface area contributed by atoms with Crippen LogP contribution in [-0.4, -0.2) is 11.0 Å². The van der Waals surface area contributed by atoms with Crippen LogP contribution in [0.3, 0.4) is 0 Å². The minimum absolute atomic E-state index is 0.218. The van der Waals surface area contributed by atoms with E-state index >= 15 is 0 Å². The summed E-state index contributed by atoms with van der Waals surface area (Å²) in [7, 11) is 0. The molecule has 3 rings (SSSR count). The van der Waals surface area contributed by atoms with Crippen LogP contribution in [0, 0.1) is 5.82 Å². The Balaban J connectivity index is 1.85. The van der Waals surface area contributed by atoms with Crippen molar-refractivity contribution >= 4 is 11.3 Å². The molecule has 0 spiro atoms. The zero-order valence-electron chi connectivity index (χ0n) is 9.27. The molecule has 1 heterocycles. The van der Waals surface area contributed by atoms with Crippen molar-refractivity contribution in [3.63, 3.8) is 0 Å².